The van der Waals surface area contributed by atoms with Crippen molar-refractivity contribution < 1.29 is 38.5 Å². The lowest BCUT2D eigenvalue weighted by molar-refractivity contribution is -0.164. The summed E-state index contributed by atoms with van der Waals surface area (Å²) >= 11 is 6.23. The minimum absolute atomic E-state index is 0.0306. The van der Waals surface area contributed by atoms with Crippen LogP contribution in [0.5, 0.6) is 11.5 Å². The number of rotatable bonds is 17. The van der Waals surface area contributed by atoms with Gasteiger partial charge in [-0.1, -0.05) is 78.1 Å². The number of carbonyl (C=O) groups is 4. The van der Waals surface area contributed by atoms with Crippen LogP contribution in [-0.4, -0.2) is 90.3 Å². The van der Waals surface area contributed by atoms with Gasteiger partial charge in [0.1, 0.15) is 42.4 Å². The van der Waals surface area contributed by atoms with Gasteiger partial charge < -0.3 is 40.2 Å². The van der Waals surface area contributed by atoms with Crippen molar-refractivity contribution in [3.63, 3.8) is 0 Å². The Hall–Kier alpha value is -5.60. The number of nitrogens with zero attached hydrogens (tertiary/aromatic N) is 2. The fraction of sp³-hybridized carbons (Fsp3) is 0.490. The number of nitriles is 1. The number of carbonyl (C=O) groups excluding carboxylic acids is 4. The fourth-order valence-corrected chi connectivity index (χ4v) is 8.97. The Morgan fingerprint density at radius 3 is 2.19 bits per heavy atom. The second kappa shape index (κ2) is 20.3. The second-order valence-corrected chi connectivity index (χ2v) is 19.1. The number of aliphatic hydroxyl groups excluding tert-OH is 1. The molecule has 4 atom stereocenters. The second-order valence-electron chi connectivity index (χ2n) is 18.7. The van der Waals surface area contributed by atoms with Gasteiger partial charge in [0.15, 0.2) is 0 Å². The maximum absolute atomic E-state index is 13.9. The van der Waals surface area contributed by atoms with Gasteiger partial charge in [-0.15, -0.1) is 6.42 Å². The van der Waals surface area contributed by atoms with Crippen LogP contribution in [0.15, 0.2) is 66.7 Å². The molecule has 4 amide bonds. The highest BCUT2D eigenvalue weighted by atomic mass is 35.5. The van der Waals surface area contributed by atoms with Crippen molar-refractivity contribution >= 4 is 35.2 Å². The number of halogens is 1. The molecule has 14 heteroatoms. The molecular weight excluding hydrogens is 822 g/mol. The van der Waals surface area contributed by atoms with Crippen LogP contribution < -0.4 is 25.4 Å². The molecule has 0 aromatic heterocycles. The zero-order chi connectivity index (χ0) is 46.3. The maximum Gasteiger partial charge on any atom is 0.251 e. The number of hydrogen-bond acceptors (Lipinski definition) is 9. The van der Waals surface area contributed by atoms with Gasteiger partial charge in [0, 0.05) is 53.6 Å². The number of aliphatic hydroxyl groups is 1. The van der Waals surface area contributed by atoms with Crippen molar-refractivity contribution in [2.24, 2.45) is 16.2 Å². The van der Waals surface area contributed by atoms with E-state index in [-0.39, 0.29) is 50.3 Å². The lowest BCUT2D eigenvalue weighted by atomic mass is 9.49. The molecule has 2 fully saturated rings. The van der Waals surface area contributed by atoms with Crippen LogP contribution in [0.1, 0.15) is 108 Å². The molecule has 0 bridgehead atoms. The highest BCUT2D eigenvalue weighted by molar-refractivity contribution is 6.31. The molecule has 63 heavy (non-hydrogen) atoms. The highest BCUT2D eigenvalue weighted by Gasteiger charge is 2.64. The zero-order valence-electron chi connectivity index (χ0n) is 37.4. The highest BCUT2D eigenvalue weighted by Crippen LogP contribution is 2.55. The molecule has 2 aliphatic rings. The van der Waals surface area contributed by atoms with E-state index >= 15 is 0 Å². The van der Waals surface area contributed by atoms with Gasteiger partial charge in [-0.2, -0.15) is 5.26 Å². The van der Waals surface area contributed by atoms with Crippen molar-refractivity contribution in [3.05, 3.63) is 94.0 Å². The van der Waals surface area contributed by atoms with Gasteiger partial charge in [0.2, 0.25) is 17.7 Å². The minimum Gasteiger partial charge on any atom is -0.494 e. The number of unbranched alkanes of at least 4 members (excludes halogenated alkanes) is 1. The van der Waals surface area contributed by atoms with Gasteiger partial charge in [0.25, 0.3) is 5.91 Å². The summed E-state index contributed by atoms with van der Waals surface area (Å²) in [5.41, 5.74) is 0.934. The first kappa shape index (κ1) is 48.4. The molecule has 3 aromatic carbocycles. The number of benzene rings is 3. The van der Waals surface area contributed by atoms with E-state index in [0.717, 1.165) is 11.1 Å². The number of β-amino-alcohol motifs (C(OH)–C–C–N with tert-alkyl or cyclic N) is 1. The van der Waals surface area contributed by atoms with Crippen LogP contribution in [0, 0.1) is 39.9 Å². The van der Waals surface area contributed by atoms with Gasteiger partial charge in [-0.25, -0.2) is 0 Å². The number of ether oxygens (including phenoxy) is 3. The van der Waals surface area contributed by atoms with E-state index in [1.807, 2.05) is 39.8 Å². The quantitative estimate of drug-likeness (QED) is 0.0889. The number of hydrogen-bond donors (Lipinski definition) is 4. The lowest BCUT2D eigenvalue weighted by Gasteiger charge is -2.63. The summed E-state index contributed by atoms with van der Waals surface area (Å²) in [6.45, 7) is 15.9. The predicted octanol–water partition coefficient (Wildman–Crippen LogP) is 6.35. The van der Waals surface area contributed by atoms with E-state index < -0.39 is 52.2 Å². The number of amides is 4. The molecule has 0 spiro atoms. The van der Waals surface area contributed by atoms with Crippen LogP contribution in [0.25, 0.3) is 0 Å². The SMILES string of the molecule is C#Cc1ccc([C@H](C)NC(=O)[C@@H]2C[C@@H](O)CN2C(=O)[C@@H](NC(=O)COCCCCOc2ccc(C(=O)NC3C(C)(C)C(Oc4ccc(C#N)c(Cl)c4)C3(C)C)cc2)C(C)(C)C)cc1. The molecule has 1 aliphatic carbocycles. The number of terminal acetylenes is 1. The van der Waals surface area contributed by atoms with E-state index in [1.54, 1.807) is 54.6 Å². The van der Waals surface area contributed by atoms with E-state index in [1.165, 1.54) is 4.90 Å². The molecule has 336 valence electrons. The van der Waals surface area contributed by atoms with Crippen LogP contribution >= 0.6 is 11.6 Å². The first-order valence-corrected chi connectivity index (χ1v) is 21.7. The average molecular weight is 882 g/mol. The summed E-state index contributed by atoms with van der Waals surface area (Å²) in [5, 5.41) is 29.0. The Bertz CT molecular complexity index is 2190. The summed E-state index contributed by atoms with van der Waals surface area (Å²) in [5.74, 6) is 2.21. The van der Waals surface area contributed by atoms with Crippen molar-refractivity contribution in [1.29, 1.82) is 5.26 Å². The minimum atomic E-state index is -0.973. The summed E-state index contributed by atoms with van der Waals surface area (Å²) in [6.07, 6.45) is 5.69. The van der Waals surface area contributed by atoms with Crippen molar-refractivity contribution in [2.75, 3.05) is 26.4 Å². The topological polar surface area (TPSA) is 179 Å². The van der Waals surface area contributed by atoms with Gasteiger partial charge in [-0.3, -0.25) is 19.2 Å². The fourth-order valence-electron chi connectivity index (χ4n) is 8.76. The molecule has 1 aliphatic heterocycles. The van der Waals surface area contributed by atoms with E-state index in [0.29, 0.717) is 47.1 Å². The van der Waals surface area contributed by atoms with Crippen molar-refractivity contribution in [2.45, 2.75) is 111 Å². The van der Waals surface area contributed by atoms with Crippen molar-refractivity contribution in [1.82, 2.24) is 20.9 Å². The van der Waals surface area contributed by atoms with E-state index in [4.69, 9.17) is 32.2 Å². The molecule has 1 heterocycles. The third-order valence-corrected chi connectivity index (χ3v) is 12.3. The monoisotopic (exact) mass is 881 g/mol. The molecule has 4 N–H and O–H groups in total. The molecule has 5 rings (SSSR count). The van der Waals surface area contributed by atoms with Crippen LogP contribution in [0.2, 0.25) is 5.02 Å². The molecular formula is C49H60ClN5O8. The Kier molecular flexibility index (Phi) is 15.6. The molecule has 1 saturated heterocycles. The molecule has 1 saturated carbocycles. The van der Waals surface area contributed by atoms with Crippen LogP contribution in [-0.2, 0) is 19.1 Å². The molecule has 0 radical (unpaired) electrons. The largest absolute Gasteiger partial charge is 0.494 e. The van der Waals surface area contributed by atoms with E-state index in [2.05, 4.69) is 55.6 Å². The predicted molar refractivity (Wildman–Crippen MR) is 240 cm³/mol. The summed E-state index contributed by atoms with van der Waals surface area (Å²) < 4.78 is 17.9. The molecule has 0 unspecified atom stereocenters. The Morgan fingerprint density at radius 2 is 1.59 bits per heavy atom. The van der Waals surface area contributed by atoms with Crippen LogP contribution in [0.4, 0.5) is 0 Å². The smallest absolute Gasteiger partial charge is 0.251 e. The van der Waals surface area contributed by atoms with Gasteiger partial charge in [-0.05, 0) is 79.3 Å². The first-order valence-electron chi connectivity index (χ1n) is 21.3. The Morgan fingerprint density at radius 1 is 0.952 bits per heavy atom. The third kappa shape index (κ3) is 11.7. The summed E-state index contributed by atoms with van der Waals surface area (Å²) in [7, 11) is 0. The maximum atomic E-state index is 13.9. The molecule has 3 aromatic rings. The average Bonchev–Trinajstić information content (AvgIpc) is 3.64. The van der Waals surface area contributed by atoms with Crippen molar-refractivity contribution in [3.8, 4) is 29.9 Å². The number of nitrogens with one attached hydrogen (secondary N) is 3. The Balaban J connectivity index is 1.02. The normalized spacial score (nSPS) is 20.8. The number of likely N-dealkylation sites (tertiary alicyclic amines) is 1. The van der Waals surface area contributed by atoms with E-state index in [9.17, 15) is 29.5 Å². The lowest BCUT2D eigenvalue weighted by Crippen LogP contribution is -2.74. The van der Waals surface area contributed by atoms with Gasteiger partial charge in [0.05, 0.1) is 29.3 Å². The van der Waals surface area contributed by atoms with Gasteiger partial charge >= 0.3 is 0 Å². The Labute approximate surface area is 376 Å². The summed E-state index contributed by atoms with van der Waals surface area (Å²) in [6, 6.07) is 18.8. The first-order chi connectivity index (χ1) is 29.7. The summed E-state index contributed by atoms with van der Waals surface area (Å²) in [4.78, 5) is 55.1. The third-order valence-electron chi connectivity index (χ3n) is 12.0. The molecule has 13 nitrogen and oxygen atoms in total. The zero-order valence-corrected chi connectivity index (χ0v) is 38.2. The standard InChI is InChI=1S/C49H60ClN5O8/c1-10-31-13-15-32(16-14-31)30(2)52-43(59)39-25-35(56)28-55(39)44(60)41(47(3,4)5)53-40(57)29-61-23-11-12-24-62-36-20-17-33(18-21-36)42(58)54-45-48(6,7)46(49(45,8)9)63-37-22-19-34(27-51)38(50)26-37/h1,13-22,26,30,35,39,41,45-46,56H,11-12,23-25,28-29H2,2-9H3,(H,52,59)(H,53,57)(H,54,58)/t30-,35+,39-,41+,45?,46?/m0/s1. The van der Waals surface area contributed by atoms with Crippen LogP contribution in [0.3, 0.4) is 0 Å².